The number of fused-ring (bicyclic) bond motifs is 1. The minimum atomic E-state index is -0.499. The molecule has 70 valence electrons. The maximum absolute atomic E-state index is 5.90. The average molecular weight is 242 g/mol. The summed E-state index contributed by atoms with van der Waals surface area (Å²) >= 11 is 3.43. The molecule has 3 heteroatoms. The quantitative estimate of drug-likeness (QED) is 0.758. The fraction of sp³-hybridized carbons (Fsp3) is 0.400. The summed E-state index contributed by atoms with van der Waals surface area (Å²) in [5.74, 6) is 0.916. The molecule has 1 atom stereocenters. The Kier molecular flexibility index (Phi) is 2.08. The van der Waals surface area contributed by atoms with Gasteiger partial charge in [-0.25, -0.2) is 0 Å². The lowest BCUT2D eigenvalue weighted by atomic mass is 10.00. The smallest absolute Gasteiger partial charge is 0.156 e. The number of aryl methyl sites for hydroxylation is 1. The first-order valence-electron chi connectivity index (χ1n) is 4.33. The fourth-order valence-electron chi connectivity index (χ4n) is 1.53. The maximum atomic E-state index is 5.90. The van der Waals surface area contributed by atoms with Crippen molar-refractivity contribution in [1.82, 2.24) is 0 Å². The molecule has 0 bridgehead atoms. The third kappa shape index (κ3) is 1.86. The first kappa shape index (κ1) is 9.03. The molecule has 1 heterocycles. The Labute approximate surface area is 86.2 Å². The molecule has 1 aliphatic heterocycles. The van der Waals surface area contributed by atoms with E-state index in [2.05, 4.69) is 22.0 Å². The van der Waals surface area contributed by atoms with Gasteiger partial charge < -0.3 is 4.74 Å². The van der Waals surface area contributed by atoms with Gasteiger partial charge in [-0.1, -0.05) is 15.9 Å². The average Bonchev–Trinajstić information content (AvgIpc) is 2.05. The van der Waals surface area contributed by atoms with E-state index in [9.17, 15) is 0 Å². The summed E-state index contributed by atoms with van der Waals surface area (Å²) in [4.78, 5) is 0. The lowest BCUT2D eigenvalue weighted by Gasteiger charge is -2.32. The van der Waals surface area contributed by atoms with E-state index >= 15 is 0 Å². The first-order chi connectivity index (χ1) is 6.07. The molecule has 0 saturated heterocycles. The zero-order valence-electron chi connectivity index (χ0n) is 7.51. The van der Waals surface area contributed by atoms with Gasteiger partial charge >= 0.3 is 0 Å². The summed E-state index contributed by atoms with van der Waals surface area (Å²) in [7, 11) is 0. The van der Waals surface area contributed by atoms with Crippen LogP contribution < -0.4 is 10.5 Å². The van der Waals surface area contributed by atoms with Crippen LogP contribution in [0.2, 0.25) is 0 Å². The third-order valence-corrected chi connectivity index (χ3v) is 2.75. The highest BCUT2D eigenvalue weighted by atomic mass is 79.9. The number of ether oxygens (including phenoxy) is 1. The van der Waals surface area contributed by atoms with Gasteiger partial charge in [-0.05, 0) is 37.1 Å². The molecule has 0 fully saturated rings. The van der Waals surface area contributed by atoms with Crippen molar-refractivity contribution in [3.63, 3.8) is 0 Å². The molecule has 2 N–H and O–H groups in total. The second kappa shape index (κ2) is 3.00. The largest absolute Gasteiger partial charge is 0.473 e. The van der Waals surface area contributed by atoms with E-state index in [0.29, 0.717) is 0 Å². The molecule has 0 spiro atoms. The van der Waals surface area contributed by atoms with Gasteiger partial charge in [0.25, 0.3) is 0 Å². The molecule has 0 aliphatic carbocycles. The fourth-order valence-corrected chi connectivity index (χ4v) is 1.94. The highest BCUT2D eigenvalue weighted by Crippen LogP contribution is 2.32. The van der Waals surface area contributed by atoms with Crippen LogP contribution >= 0.6 is 15.9 Å². The Balaban J connectivity index is 2.37. The monoisotopic (exact) mass is 241 g/mol. The highest BCUT2D eigenvalue weighted by Gasteiger charge is 2.26. The molecule has 0 saturated carbocycles. The van der Waals surface area contributed by atoms with E-state index in [4.69, 9.17) is 10.5 Å². The summed E-state index contributed by atoms with van der Waals surface area (Å²) < 4.78 is 6.72. The lowest BCUT2D eigenvalue weighted by Crippen LogP contribution is -2.45. The van der Waals surface area contributed by atoms with E-state index in [0.717, 1.165) is 23.1 Å². The van der Waals surface area contributed by atoms with Crippen LogP contribution in [0, 0.1) is 0 Å². The molecule has 1 unspecified atom stereocenters. The Hall–Kier alpha value is -0.540. The summed E-state index contributed by atoms with van der Waals surface area (Å²) in [6.45, 7) is 1.91. The normalized spacial score (nSPS) is 26.4. The van der Waals surface area contributed by atoms with Gasteiger partial charge in [0.05, 0.1) is 0 Å². The van der Waals surface area contributed by atoms with Crippen LogP contribution in [0.4, 0.5) is 0 Å². The van der Waals surface area contributed by atoms with Crippen LogP contribution in [0.15, 0.2) is 22.7 Å². The Morgan fingerprint density at radius 3 is 3.08 bits per heavy atom. The summed E-state index contributed by atoms with van der Waals surface area (Å²) in [6.07, 6.45) is 1.86. The second-order valence-electron chi connectivity index (χ2n) is 3.67. The molecule has 1 aromatic carbocycles. The molecule has 0 aromatic heterocycles. The lowest BCUT2D eigenvalue weighted by molar-refractivity contribution is 0.0719. The van der Waals surface area contributed by atoms with Crippen molar-refractivity contribution in [3.8, 4) is 5.75 Å². The van der Waals surface area contributed by atoms with Gasteiger partial charge in [-0.2, -0.15) is 0 Å². The van der Waals surface area contributed by atoms with Gasteiger partial charge in [0, 0.05) is 10.9 Å². The minimum absolute atomic E-state index is 0.499. The van der Waals surface area contributed by atoms with Crippen LogP contribution in [0.5, 0.6) is 5.75 Å². The van der Waals surface area contributed by atoms with Crippen molar-refractivity contribution in [2.24, 2.45) is 5.73 Å². The number of hydrogen-bond donors (Lipinski definition) is 1. The maximum Gasteiger partial charge on any atom is 0.156 e. The number of halogens is 1. The number of hydrogen-bond acceptors (Lipinski definition) is 2. The van der Waals surface area contributed by atoms with Crippen LogP contribution in [0.3, 0.4) is 0 Å². The van der Waals surface area contributed by atoms with Gasteiger partial charge in [-0.15, -0.1) is 0 Å². The summed E-state index contributed by atoms with van der Waals surface area (Å²) in [5, 5.41) is 0. The van der Waals surface area contributed by atoms with E-state index < -0.39 is 5.72 Å². The van der Waals surface area contributed by atoms with E-state index in [1.165, 1.54) is 5.56 Å². The van der Waals surface area contributed by atoms with Crippen molar-refractivity contribution in [2.45, 2.75) is 25.5 Å². The zero-order chi connectivity index (χ0) is 9.47. The van der Waals surface area contributed by atoms with Crippen molar-refractivity contribution in [1.29, 1.82) is 0 Å². The second-order valence-corrected chi connectivity index (χ2v) is 4.58. The Morgan fingerprint density at radius 1 is 1.54 bits per heavy atom. The molecular formula is C10H12BrNO. The van der Waals surface area contributed by atoms with Gasteiger partial charge in [0.2, 0.25) is 0 Å². The molecule has 0 radical (unpaired) electrons. The summed E-state index contributed by atoms with van der Waals surface area (Å²) in [6, 6.07) is 6.02. The van der Waals surface area contributed by atoms with Crippen LogP contribution in [0.1, 0.15) is 18.9 Å². The van der Waals surface area contributed by atoms with Crippen molar-refractivity contribution in [2.75, 3.05) is 0 Å². The van der Waals surface area contributed by atoms with Crippen molar-refractivity contribution in [3.05, 3.63) is 28.2 Å². The standard InChI is InChI=1S/C10H12BrNO/c1-10(12)5-4-7-6-8(11)2-3-9(7)13-10/h2-3,6H,4-5,12H2,1H3. The van der Waals surface area contributed by atoms with Gasteiger partial charge in [0.15, 0.2) is 5.72 Å². The SMILES string of the molecule is CC1(N)CCc2cc(Br)ccc2O1. The predicted molar refractivity (Wildman–Crippen MR) is 55.7 cm³/mol. The van der Waals surface area contributed by atoms with Crippen LogP contribution in [-0.2, 0) is 6.42 Å². The molecule has 2 rings (SSSR count). The molecule has 0 amide bonds. The zero-order valence-corrected chi connectivity index (χ0v) is 9.10. The van der Waals surface area contributed by atoms with Crippen molar-refractivity contribution >= 4 is 15.9 Å². The molecule has 13 heavy (non-hydrogen) atoms. The third-order valence-electron chi connectivity index (χ3n) is 2.26. The number of benzene rings is 1. The Morgan fingerprint density at radius 2 is 2.31 bits per heavy atom. The predicted octanol–water partition coefficient (Wildman–Crippen LogP) is 2.45. The topological polar surface area (TPSA) is 35.2 Å². The molecule has 2 nitrogen and oxygen atoms in total. The van der Waals surface area contributed by atoms with E-state index in [-0.39, 0.29) is 0 Å². The molecular weight excluding hydrogens is 230 g/mol. The highest BCUT2D eigenvalue weighted by molar-refractivity contribution is 9.10. The minimum Gasteiger partial charge on any atom is -0.473 e. The van der Waals surface area contributed by atoms with Crippen LogP contribution in [0.25, 0.3) is 0 Å². The summed E-state index contributed by atoms with van der Waals surface area (Å²) in [5.41, 5.74) is 6.63. The van der Waals surface area contributed by atoms with Crippen molar-refractivity contribution < 1.29 is 4.74 Å². The molecule has 1 aromatic rings. The number of rotatable bonds is 0. The van der Waals surface area contributed by atoms with Crippen LogP contribution in [-0.4, -0.2) is 5.72 Å². The van der Waals surface area contributed by atoms with Gasteiger partial charge in [-0.3, -0.25) is 5.73 Å². The van der Waals surface area contributed by atoms with E-state index in [1.807, 2.05) is 19.1 Å². The number of nitrogens with two attached hydrogens (primary N) is 1. The first-order valence-corrected chi connectivity index (χ1v) is 5.12. The van der Waals surface area contributed by atoms with Gasteiger partial charge in [0.1, 0.15) is 5.75 Å². The Bertz CT molecular complexity index is 336. The molecule has 1 aliphatic rings. The van der Waals surface area contributed by atoms with E-state index in [1.54, 1.807) is 0 Å².